The number of ether oxygens (including phenoxy) is 2. The SMILES string of the molecule is COc1ccc(C)cc1S(=O)(=O)N1CCN(c2cc(C)c3cccc(OC)c3n2)CC1. The molecule has 0 N–H and O–H groups in total. The first-order chi connectivity index (χ1) is 14.8. The van der Waals surface area contributed by atoms with Crippen LogP contribution < -0.4 is 14.4 Å². The van der Waals surface area contributed by atoms with Crippen molar-refractivity contribution in [2.75, 3.05) is 45.3 Å². The Morgan fingerprint density at radius 2 is 1.61 bits per heavy atom. The lowest BCUT2D eigenvalue weighted by molar-refractivity contribution is 0.373. The topological polar surface area (TPSA) is 72.0 Å². The highest BCUT2D eigenvalue weighted by atomic mass is 32.2. The van der Waals surface area contributed by atoms with E-state index in [2.05, 4.69) is 17.9 Å². The van der Waals surface area contributed by atoms with Crippen LogP contribution in [0.3, 0.4) is 0 Å². The number of aromatic nitrogens is 1. The van der Waals surface area contributed by atoms with Crippen LogP contribution in [-0.2, 0) is 10.0 Å². The summed E-state index contributed by atoms with van der Waals surface area (Å²) in [5.74, 6) is 1.93. The molecular weight excluding hydrogens is 414 g/mol. The van der Waals surface area contributed by atoms with Crippen molar-refractivity contribution in [1.29, 1.82) is 0 Å². The molecule has 2 heterocycles. The second kappa shape index (κ2) is 8.36. The van der Waals surface area contributed by atoms with Crippen LogP contribution in [0.5, 0.6) is 11.5 Å². The third kappa shape index (κ3) is 3.93. The van der Waals surface area contributed by atoms with Crippen LogP contribution in [0.1, 0.15) is 11.1 Å². The zero-order valence-electron chi connectivity index (χ0n) is 18.3. The van der Waals surface area contributed by atoms with Crippen molar-refractivity contribution in [3.05, 3.63) is 53.6 Å². The molecule has 1 aromatic heterocycles. The number of methoxy groups -OCH3 is 2. The number of nitrogens with zero attached hydrogens (tertiary/aromatic N) is 3. The van der Waals surface area contributed by atoms with Crippen LogP contribution in [0.25, 0.3) is 10.9 Å². The number of benzene rings is 2. The summed E-state index contributed by atoms with van der Waals surface area (Å²) < 4.78 is 38.9. The lowest BCUT2D eigenvalue weighted by Crippen LogP contribution is -2.49. The summed E-state index contributed by atoms with van der Waals surface area (Å²) in [5, 5.41) is 1.05. The molecule has 3 aromatic rings. The molecule has 7 nitrogen and oxygen atoms in total. The summed E-state index contributed by atoms with van der Waals surface area (Å²) in [6, 6.07) is 13.2. The third-order valence-corrected chi connectivity index (χ3v) is 7.64. The predicted molar refractivity (Wildman–Crippen MR) is 122 cm³/mol. The summed E-state index contributed by atoms with van der Waals surface area (Å²) in [4.78, 5) is 7.17. The van der Waals surface area contributed by atoms with Gasteiger partial charge in [-0.1, -0.05) is 18.2 Å². The molecule has 1 aliphatic rings. The van der Waals surface area contributed by atoms with Crippen molar-refractivity contribution in [3.8, 4) is 11.5 Å². The number of hydrogen-bond acceptors (Lipinski definition) is 6. The van der Waals surface area contributed by atoms with Gasteiger partial charge in [0.05, 0.1) is 14.2 Å². The van der Waals surface area contributed by atoms with Crippen molar-refractivity contribution in [2.24, 2.45) is 0 Å². The number of hydrogen-bond donors (Lipinski definition) is 0. The molecule has 1 aliphatic heterocycles. The summed E-state index contributed by atoms with van der Waals surface area (Å²) in [6.45, 7) is 5.80. The first-order valence-electron chi connectivity index (χ1n) is 10.2. The minimum atomic E-state index is -3.65. The predicted octanol–water partition coefficient (Wildman–Crippen LogP) is 3.38. The van der Waals surface area contributed by atoms with Crippen molar-refractivity contribution in [2.45, 2.75) is 18.7 Å². The number of para-hydroxylation sites is 1. The Morgan fingerprint density at radius 3 is 2.29 bits per heavy atom. The lowest BCUT2D eigenvalue weighted by atomic mass is 10.1. The molecule has 8 heteroatoms. The smallest absolute Gasteiger partial charge is 0.246 e. The maximum Gasteiger partial charge on any atom is 0.246 e. The van der Waals surface area contributed by atoms with E-state index in [4.69, 9.17) is 14.5 Å². The highest BCUT2D eigenvalue weighted by Gasteiger charge is 2.31. The fourth-order valence-electron chi connectivity index (χ4n) is 3.98. The second-order valence-electron chi connectivity index (χ2n) is 7.70. The monoisotopic (exact) mass is 441 g/mol. The van der Waals surface area contributed by atoms with Gasteiger partial charge in [-0.3, -0.25) is 0 Å². The summed E-state index contributed by atoms with van der Waals surface area (Å²) in [5.41, 5.74) is 2.81. The first-order valence-corrected chi connectivity index (χ1v) is 11.6. The minimum Gasteiger partial charge on any atom is -0.495 e. The lowest BCUT2D eigenvalue weighted by Gasteiger charge is -2.35. The van der Waals surface area contributed by atoms with E-state index in [0.29, 0.717) is 31.9 Å². The third-order valence-electron chi connectivity index (χ3n) is 5.72. The maximum absolute atomic E-state index is 13.3. The zero-order chi connectivity index (χ0) is 22.2. The molecule has 0 saturated carbocycles. The summed E-state index contributed by atoms with van der Waals surface area (Å²) >= 11 is 0. The van der Waals surface area contributed by atoms with Gasteiger partial charge in [-0.2, -0.15) is 4.31 Å². The molecule has 31 heavy (non-hydrogen) atoms. The highest BCUT2D eigenvalue weighted by Crippen LogP contribution is 2.31. The van der Waals surface area contributed by atoms with Gasteiger partial charge in [-0.05, 0) is 49.2 Å². The van der Waals surface area contributed by atoms with Crippen molar-refractivity contribution >= 4 is 26.7 Å². The van der Waals surface area contributed by atoms with E-state index in [-0.39, 0.29) is 4.90 Å². The molecule has 1 saturated heterocycles. The van der Waals surface area contributed by atoms with Crippen LogP contribution >= 0.6 is 0 Å². The maximum atomic E-state index is 13.3. The number of pyridine rings is 1. The fourth-order valence-corrected chi connectivity index (χ4v) is 5.65. The Bertz CT molecular complexity index is 1220. The summed E-state index contributed by atoms with van der Waals surface area (Å²) in [6.07, 6.45) is 0. The Balaban J connectivity index is 1.59. The van der Waals surface area contributed by atoms with Gasteiger partial charge in [0.15, 0.2) is 0 Å². The number of anilines is 1. The number of aryl methyl sites for hydroxylation is 2. The Kier molecular flexibility index (Phi) is 5.77. The van der Waals surface area contributed by atoms with Gasteiger partial charge in [-0.25, -0.2) is 13.4 Å². The average Bonchev–Trinajstić information content (AvgIpc) is 2.78. The average molecular weight is 442 g/mol. The van der Waals surface area contributed by atoms with E-state index in [1.54, 1.807) is 19.2 Å². The van der Waals surface area contributed by atoms with Gasteiger partial charge in [-0.15, -0.1) is 0 Å². The van der Waals surface area contributed by atoms with E-state index >= 15 is 0 Å². The normalized spacial score (nSPS) is 15.3. The quantitative estimate of drug-likeness (QED) is 0.605. The molecule has 1 fully saturated rings. The standard InChI is InChI=1S/C23H27N3O4S/c1-16-8-9-19(29-3)21(14-16)31(27,28)26-12-10-25(11-13-26)22-15-17(2)18-6-5-7-20(30-4)23(18)24-22/h5-9,14-15H,10-13H2,1-4H3. The molecule has 0 unspecified atom stereocenters. The van der Waals surface area contributed by atoms with Gasteiger partial charge in [0.25, 0.3) is 0 Å². The van der Waals surface area contributed by atoms with Gasteiger partial charge < -0.3 is 14.4 Å². The molecule has 0 bridgehead atoms. The molecule has 0 atom stereocenters. The Labute approximate surface area is 183 Å². The highest BCUT2D eigenvalue weighted by molar-refractivity contribution is 7.89. The van der Waals surface area contributed by atoms with Gasteiger partial charge in [0.2, 0.25) is 10.0 Å². The van der Waals surface area contributed by atoms with Crippen molar-refractivity contribution < 1.29 is 17.9 Å². The van der Waals surface area contributed by atoms with Crippen molar-refractivity contribution in [3.63, 3.8) is 0 Å². The molecular formula is C23H27N3O4S. The molecule has 164 valence electrons. The fraction of sp³-hybridized carbons (Fsp3) is 0.348. The van der Waals surface area contributed by atoms with Crippen LogP contribution in [-0.4, -0.2) is 58.1 Å². The Hall–Kier alpha value is -2.84. The number of piperazine rings is 1. The van der Waals surface area contributed by atoms with Gasteiger partial charge in [0.1, 0.15) is 27.7 Å². The number of sulfonamides is 1. The molecule has 0 radical (unpaired) electrons. The molecule has 0 spiro atoms. The summed E-state index contributed by atoms with van der Waals surface area (Å²) in [7, 11) is -0.515. The largest absolute Gasteiger partial charge is 0.495 e. The number of fused-ring (bicyclic) bond motifs is 1. The first kappa shape index (κ1) is 21.4. The van der Waals surface area contributed by atoms with Gasteiger partial charge in [0, 0.05) is 31.6 Å². The number of rotatable bonds is 5. The molecule has 0 aliphatic carbocycles. The van der Waals surface area contributed by atoms with Crippen LogP contribution in [0.15, 0.2) is 47.4 Å². The van der Waals surface area contributed by atoms with Crippen LogP contribution in [0.4, 0.5) is 5.82 Å². The second-order valence-corrected chi connectivity index (χ2v) is 9.61. The van der Waals surface area contributed by atoms with E-state index < -0.39 is 10.0 Å². The van der Waals surface area contributed by atoms with Gasteiger partial charge >= 0.3 is 0 Å². The minimum absolute atomic E-state index is 0.216. The van der Waals surface area contributed by atoms with E-state index in [1.807, 2.05) is 31.2 Å². The van der Waals surface area contributed by atoms with Crippen LogP contribution in [0.2, 0.25) is 0 Å². The Morgan fingerprint density at radius 1 is 0.903 bits per heavy atom. The van der Waals surface area contributed by atoms with Crippen LogP contribution in [0, 0.1) is 13.8 Å². The van der Waals surface area contributed by atoms with E-state index in [1.165, 1.54) is 11.4 Å². The zero-order valence-corrected chi connectivity index (χ0v) is 19.1. The van der Waals surface area contributed by atoms with E-state index in [9.17, 15) is 8.42 Å². The molecule has 4 rings (SSSR count). The molecule has 2 aromatic carbocycles. The van der Waals surface area contributed by atoms with E-state index in [0.717, 1.165) is 33.6 Å². The van der Waals surface area contributed by atoms with Crippen molar-refractivity contribution in [1.82, 2.24) is 9.29 Å². The molecule has 0 amide bonds.